The summed E-state index contributed by atoms with van der Waals surface area (Å²) in [4.78, 5) is 26.7. The largest absolute Gasteiger partial charge is 0.387 e. The van der Waals surface area contributed by atoms with Gasteiger partial charge in [0.15, 0.2) is 0 Å². The third-order valence-corrected chi connectivity index (χ3v) is 5.87. The number of benzene rings is 2. The maximum Gasteiger partial charge on any atom is 0.225 e. The van der Waals surface area contributed by atoms with Crippen LogP contribution in [0, 0.1) is 11.7 Å². The number of rotatable bonds is 6. The van der Waals surface area contributed by atoms with Crippen LogP contribution in [0.4, 0.5) is 4.39 Å². The first-order chi connectivity index (χ1) is 14.3. The topological polar surface area (TPSA) is 69.6 Å². The van der Waals surface area contributed by atoms with Crippen molar-refractivity contribution in [3.63, 3.8) is 0 Å². The summed E-state index contributed by atoms with van der Waals surface area (Å²) >= 11 is 0. The van der Waals surface area contributed by atoms with Crippen LogP contribution in [0.3, 0.4) is 0 Å². The number of nitrogens with one attached hydrogen (secondary N) is 1. The molecule has 2 N–H and O–H groups in total. The number of amides is 2. The van der Waals surface area contributed by atoms with Gasteiger partial charge in [-0.25, -0.2) is 4.39 Å². The summed E-state index contributed by atoms with van der Waals surface area (Å²) in [5.74, 6) is -0.685. The molecule has 1 aliphatic heterocycles. The lowest BCUT2D eigenvalue weighted by molar-refractivity contribution is -0.141. The normalized spacial score (nSPS) is 20.3. The van der Waals surface area contributed by atoms with Crippen LogP contribution in [0.15, 0.2) is 48.5 Å². The Labute approximate surface area is 176 Å². The minimum absolute atomic E-state index is 0.0429. The molecule has 1 saturated heterocycles. The molecule has 3 unspecified atom stereocenters. The number of carbonyl (C=O) groups is 2. The van der Waals surface area contributed by atoms with E-state index in [0.29, 0.717) is 12.3 Å². The first-order valence-corrected chi connectivity index (χ1v) is 10.3. The van der Waals surface area contributed by atoms with Gasteiger partial charge in [0, 0.05) is 20.0 Å². The first kappa shape index (κ1) is 22.0. The number of piperidine rings is 1. The summed E-state index contributed by atoms with van der Waals surface area (Å²) in [7, 11) is 1.67. The van der Waals surface area contributed by atoms with E-state index >= 15 is 0 Å². The van der Waals surface area contributed by atoms with Crippen LogP contribution < -0.4 is 5.32 Å². The lowest BCUT2D eigenvalue weighted by atomic mass is 9.84. The highest BCUT2D eigenvalue weighted by atomic mass is 19.1. The molecule has 0 aliphatic carbocycles. The number of aliphatic hydroxyl groups excluding tert-OH is 1. The van der Waals surface area contributed by atoms with Crippen molar-refractivity contribution in [2.45, 2.75) is 44.8 Å². The van der Waals surface area contributed by atoms with Crippen LogP contribution in [0.2, 0.25) is 0 Å². The molecule has 2 aromatic carbocycles. The molecule has 0 aromatic heterocycles. The molecule has 160 valence electrons. The average molecular weight is 413 g/mol. The Morgan fingerprint density at radius 2 is 1.73 bits per heavy atom. The van der Waals surface area contributed by atoms with E-state index in [0.717, 1.165) is 11.1 Å². The Morgan fingerprint density at radius 3 is 2.33 bits per heavy atom. The van der Waals surface area contributed by atoms with Gasteiger partial charge in [-0.2, -0.15) is 0 Å². The number of likely N-dealkylation sites (tertiary alicyclic amines) is 1. The van der Waals surface area contributed by atoms with E-state index in [9.17, 15) is 19.1 Å². The molecule has 3 atom stereocenters. The van der Waals surface area contributed by atoms with Gasteiger partial charge in [-0.3, -0.25) is 9.59 Å². The van der Waals surface area contributed by atoms with E-state index < -0.39 is 18.1 Å². The molecule has 5 nitrogen and oxygen atoms in total. The van der Waals surface area contributed by atoms with Crippen LogP contribution >= 0.6 is 0 Å². The van der Waals surface area contributed by atoms with Gasteiger partial charge in [-0.05, 0) is 41.2 Å². The fourth-order valence-corrected chi connectivity index (χ4v) is 3.98. The summed E-state index contributed by atoms with van der Waals surface area (Å²) < 4.78 is 13.3. The third-order valence-electron chi connectivity index (χ3n) is 5.87. The number of hydrogen-bond donors (Lipinski definition) is 2. The maximum atomic E-state index is 13.3. The highest BCUT2D eigenvalue weighted by molar-refractivity contribution is 5.84. The maximum absolute atomic E-state index is 13.3. The summed E-state index contributed by atoms with van der Waals surface area (Å²) in [5, 5.41) is 13.3. The Balaban J connectivity index is 1.69. The molecular weight excluding hydrogens is 383 g/mol. The summed E-state index contributed by atoms with van der Waals surface area (Å²) in [6, 6.07) is 13.1. The Bertz CT molecular complexity index is 880. The molecule has 0 spiro atoms. The molecule has 1 heterocycles. The zero-order chi connectivity index (χ0) is 21.8. The van der Waals surface area contributed by atoms with Crippen molar-refractivity contribution in [3.05, 3.63) is 71.0 Å². The fourth-order valence-electron chi connectivity index (χ4n) is 3.98. The number of nitrogens with zero attached hydrogens (tertiary/aromatic N) is 1. The SMILES string of the molecule is CC(C)c1ccc(C(O)CNC(=O)C2CCC(=O)N(C)C2c2ccc(F)cc2)cc1. The van der Waals surface area contributed by atoms with E-state index in [4.69, 9.17) is 0 Å². The summed E-state index contributed by atoms with van der Waals surface area (Å²) in [6.45, 7) is 4.30. The van der Waals surface area contributed by atoms with Crippen molar-refractivity contribution in [1.82, 2.24) is 10.2 Å². The fraction of sp³-hybridized carbons (Fsp3) is 0.417. The Morgan fingerprint density at radius 1 is 1.13 bits per heavy atom. The van der Waals surface area contributed by atoms with Crippen LogP contribution in [-0.4, -0.2) is 35.4 Å². The Hall–Kier alpha value is -2.73. The second-order valence-electron chi connectivity index (χ2n) is 8.23. The summed E-state index contributed by atoms with van der Waals surface area (Å²) in [5.41, 5.74) is 2.65. The molecule has 2 aromatic rings. The monoisotopic (exact) mass is 412 g/mol. The number of hydrogen-bond acceptors (Lipinski definition) is 3. The third kappa shape index (κ3) is 4.87. The van der Waals surface area contributed by atoms with Gasteiger partial charge < -0.3 is 15.3 Å². The number of aliphatic hydroxyl groups is 1. The molecule has 30 heavy (non-hydrogen) atoms. The first-order valence-electron chi connectivity index (χ1n) is 10.3. The lowest BCUT2D eigenvalue weighted by Gasteiger charge is -2.38. The predicted octanol–water partition coefficient (Wildman–Crippen LogP) is 3.71. The van der Waals surface area contributed by atoms with Gasteiger partial charge in [0.1, 0.15) is 5.82 Å². The standard InChI is InChI=1S/C24H29FN2O3/c1-15(2)16-4-6-17(7-5-16)21(28)14-26-24(30)20-12-13-22(29)27(3)23(20)18-8-10-19(25)11-9-18/h4-11,15,20-21,23,28H,12-14H2,1-3H3,(H,26,30). The molecule has 1 aliphatic rings. The molecular formula is C24H29FN2O3. The van der Waals surface area contributed by atoms with Crippen molar-refractivity contribution in [2.75, 3.05) is 13.6 Å². The van der Waals surface area contributed by atoms with Crippen molar-refractivity contribution >= 4 is 11.8 Å². The zero-order valence-electron chi connectivity index (χ0n) is 17.6. The number of carbonyl (C=O) groups excluding carboxylic acids is 2. The molecule has 3 rings (SSSR count). The van der Waals surface area contributed by atoms with E-state index in [1.54, 1.807) is 24.1 Å². The van der Waals surface area contributed by atoms with Crippen molar-refractivity contribution in [3.8, 4) is 0 Å². The predicted molar refractivity (Wildman–Crippen MR) is 113 cm³/mol. The minimum atomic E-state index is -0.817. The van der Waals surface area contributed by atoms with Crippen molar-refractivity contribution in [1.29, 1.82) is 0 Å². The smallest absolute Gasteiger partial charge is 0.225 e. The van der Waals surface area contributed by atoms with Gasteiger partial charge in [0.2, 0.25) is 11.8 Å². The van der Waals surface area contributed by atoms with E-state index in [2.05, 4.69) is 19.2 Å². The van der Waals surface area contributed by atoms with Crippen LogP contribution in [0.25, 0.3) is 0 Å². The highest BCUT2D eigenvalue weighted by Crippen LogP contribution is 2.36. The zero-order valence-corrected chi connectivity index (χ0v) is 17.6. The molecule has 2 amide bonds. The van der Waals surface area contributed by atoms with E-state index in [1.165, 1.54) is 17.7 Å². The molecule has 0 saturated carbocycles. The molecule has 0 radical (unpaired) electrons. The van der Waals surface area contributed by atoms with Crippen molar-refractivity contribution < 1.29 is 19.1 Å². The molecule has 1 fully saturated rings. The minimum Gasteiger partial charge on any atom is -0.387 e. The van der Waals surface area contributed by atoms with Crippen LogP contribution in [-0.2, 0) is 9.59 Å². The van der Waals surface area contributed by atoms with Crippen LogP contribution in [0.1, 0.15) is 61.4 Å². The van der Waals surface area contributed by atoms with Crippen molar-refractivity contribution in [2.24, 2.45) is 5.92 Å². The summed E-state index contributed by atoms with van der Waals surface area (Å²) in [6.07, 6.45) is -0.121. The van der Waals surface area contributed by atoms with Gasteiger partial charge in [0.05, 0.1) is 18.1 Å². The second kappa shape index (κ2) is 9.39. The van der Waals surface area contributed by atoms with Gasteiger partial charge in [0.25, 0.3) is 0 Å². The van der Waals surface area contributed by atoms with E-state index in [1.807, 2.05) is 24.3 Å². The second-order valence-corrected chi connectivity index (χ2v) is 8.23. The van der Waals surface area contributed by atoms with Gasteiger partial charge >= 0.3 is 0 Å². The quantitative estimate of drug-likeness (QED) is 0.760. The van der Waals surface area contributed by atoms with E-state index in [-0.39, 0.29) is 30.6 Å². The lowest BCUT2D eigenvalue weighted by Crippen LogP contribution is -2.46. The van der Waals surface area contributed by atoms with Crippen LogP contribution in [0.5, 0.6) is 0 Å². The number of halogens is 1. The van der Waals surface area contributed by atoms with Gasteiger partial charge in [-0.1, -0.05) is 50.2 Å². The highest BCUT2D eigenvalue weighted by Gasteiger charge is 2.38. The molecule has 6 heteroatoms. The molecule has 0 bridgehead atoms. The Kier molecular flexibility index (Phi) is 6.87. The average Bonchev–Trinajstić information content (AvgIpc) is 2.74. The van der Waals surface area contributed by atoms with Gasteiger partial charge in [-0.15, -0.1) is 0 Å².